The van der Waals surface area contributed by atoms with Crippen molar-refractivity contribution in [1.82, 2.24) is 4.90 Å². The molecule has 0 radical (unpaired) electrons. The first-order valence-corrected chi connectivity index (χ1v) is 10.1. The maximum atomic E-state index is 13.9. The number of para-hydroxylation sites is 1. The van der Waals surface area contributed by atoms with Crippen LogP contribution in [0.2, 0.25) is 0 Å². The molecule has 1 heterocycles. The van der Waals surface area contributed by atoms with Gasteiger partial charge in [-0.1, -0.05) is 24.3 Å². The maximum absolute atomic E-state index is 13.9. The highest BCUT2D eigenvalue weighted by Gasteiger charge is 2.29. The van der Waals surface area contributed by atoms with Gasteiger partial charge in [0.25, 0.3) is 15.9 Å². The Bertz CT molecular complexity index is 938. The van der Waals surface area contributed by atoms with Gasteiger partial charge in [-0.15, -0.1) is 0 Å². The first kappa shape index (κ1) is 19.3. The highest BCUT2D eigenvalue weighted by atomic mass is 32.2. The summed E-state index contributed by atoms with van der Waals surface area (Å²) in [7, 11) is -4.17. The predicted octanol–water partition coefficient (Wildman–Crippen LogP) is 2.88. The maximum Gasteiger partial charge on any atom is 0.264 e. The number of anilines is 1. The molecule has 3 rings (SSSR count). The van der Waals surface area contributed by atoms with E-state index in [1.54, 1.807) is 23.1 Å². The standard InChI is InChI=1S/C19H21FN2O4S/c1-13-11-22(12-14(2)26-13)19(23)15-7-3-5-9-17(15)21-27(24,25)18-10-6-4-8-16(18)20/h3-10,13-14,21H,11-12H2,1-2H3. The number of halogens is 1. The van der Waals surface area contributed by atoms with Crippen LogP contribution in [0.1, 0.15) is 24.2 Å². The molecule has 1 aliphatic heterocycles. The number of hydrogen-bond donors (Lipinski definition) is 1. The smallest absolute Gasteiger partial charge is 0.264 e. The molecule has 0 saturated carbocycles. The van der Waals surface area contributed by atoms with Crippen molar-refractivity contribution in [2.75, 3.05) is 17.8 Å². The van der Waals surface area contributed by atoms with Gasteiger partial charge >= 0.3 is 0 Å². The van der Waals surface area contributed by atoms with Gasteiger partial charge in [0, 0.05) is 13.1 Å². The summed E-state index contributed by atoms with van der Waals surface area (Å²) in [6.07, 6.45) is -0.222. The van der Waals surface area contributed by atoms with E-state index in [4.69, 9.17) is 4.74 Å². The van der Waals surface area contributed by atoms with Crippen LogP contribution in [0, 0.1) is 5.82 Å². The number of morpholine rings is 1. The molecule has 2 atom stereocenters. The van der Waals surface area contributed by atoms with Crippen LogP contribution in [0.3, 0.4) is 0 Å². The van der Waals surface area contributed by atoms with E-state index < -0.39 is 20.7 Å². The minimum Gasteiger partial charge on any atom is -0.372 e. The van der Waals surface area contributed by atoms with Crippen molar-refractivity contribution in [2.24, 2.45) is 0 Å². The molecule has 1 aliphatic rings. The monoisotopic (exact) mass is 392 g/mol. The lowest BCUT2D eigenvalue weighted by Gasteiger charge is -2.35. The SMILES string of the molecule is CC1CN(C(=O)c2ccccc2NS(=O)(=O)c2ccccc2F)CC(C)O1. The van der Waals surface area contributed by atoms with E-state index in [0.717, 1.165) is 6.07 Å². The second-order valence-corrected chi connectivity index (χ2v) is 8.20. The Morgan fingerprint density at radius 1 is 1.07 bits per heavy atom. The van der Waals surface area contributed by atoms with Crippen LogP contribution in [-0.4, -0.2) is 44.5 Å². The first-order valence-electron chi connectivity index (χ1n) is 8.59. The second kappa shape index (κ2) is 7.66. The van der Waals surface area contributed by atoms with Gasteiger partial charge in [0.2, 0.25) is 0 Å². The molecule has 2 aromatic rings. The average Bonchev–Trinajstić information content (AvgIpc) is 2.60. The van der Waals surface area contributed by atoms with Crippen LogP contribution in [-0.2, 0) is 14.8 Å². The molecule has 6 nitrogen and oxygen atoms in total. The number of carbonyl (C=O) groups excluding carboxylic acids is 1. The van der Waals surface area contributed by atoms with E-state index in [1.807, 2.05) is 13.8 Å². The molecule has 0 aromatic heterocycles. The molecule has 27 heavy (non-hydrogen) atoms. The van der Waals surface area contributed by atoms with E-state index in [-0.39, 0.29) is 29.4 Å². The van der Waals surface area contributed by atoms with Crippen LogP contribution in [0.4, 0.5) is 10.1 Å². The van der Waals surface area contributed by atoms with E-state index in [0.29, 0.717) is 13.1 Å². The van der Waals surface area contributed by atoms with Gasteiger partial charge in [0.1, 0.15) is 10.7 Å². The van der Waals surface area contributed by atoms with Crippen LogP contribution in [0.15, 0.2) is 53.4 Å². The number of ether oxygens (including phenoxy) is 1. The fourth-order valence-electron chi connectivity index (χ4n) is 3.14. The Morgan fingerprint density at radius 3 is 2.33 bits per heavy atom. The molecule has 0 aliphatic carbocycles. The summed E-state index contributed by atoms with van der Waals surface area (Å²) >= 11 is 0. The van der Waals surface area contributed by atoms with Crippen LogP contribution in [0.5, 0.6) is 0 Å². The molecule has 0 bridgehead atoms. The molecular formula is C19H21FN2O4S. The lowest BCUT2D eigenvalue weighted by molar-refractivity contribution is -0.0585. The quantitative estimate of drug-likeness (QED) is 0.868. The Morgan fingerprint density at radius 2 is 1.67 bits per heavy atom. The number of sulfonamides is 1. The third kappa shape index (κ3) is 4.28. The minimum atomic E-state index is -4.17. The third-order valence-electron chi connectivity index (χ3n) is 4.23. The molecule has 1 saturated heterocycles. The fourth-order valence-corrected chi connectivity index (χ4v) is 4.30. The largest absolute Gasteiger partial charge is 0.372 e. The highest BCUT2D eigenvalue weighted by Crippen LogP contribution is 2.24. The van der Waals surface area contributed by atoms with Gasteiger partial charge in [-0.3, -0.25) is 9.52 Å². The lowest BCUT2D eigenvalue weighted by atomic mass is 10.1. The highest BCUT2D eigenvalue weighted by molar-refractivity contribution is 7.92. The normalized spacial score (nSPS) is 20.3. The summed E-state index contributed by atoms with van der Waals surface area (Å²) in [5, 5.41) is 0. The topological polar surface area (TPSA) is 75.7 Å². The zero-order valence-electron chi connectivity index (χ0n) is 15.1. The van der Waals surface area contributed by atoms with E-state index in [1.165, 1.54) is 24.3 Å². The van der Waals surface area contributed by atoms with Crippen molar-refractivity contribution in [2.45, 2.75) is 31.0 Å². The Labute approximate surface area is 158 Å². The van der Waals surface area contributed by atoms with Crippen molar-refractivity contribution in [3.8, 4) is 0 Å². The number of nitrogens with zero attached hydrogens (tertiary/aromatic N) is 1. The zero-order valence-corrected chi connectivity index (χ0v) is 15.9. The van der Waals surface area contributed by atoms with Crippen molar-refractivity contribution in [3.05, 3.63) is 59.9 Å². The second-order valence-electron chi connectivity index (χ2n) is 6.55. The van der Waals surface area contributed by atoms with Gasteiger partial charge in [0.15, 0.2) is 0 Å². The molecule has 8 heteroatoms. The van der Waals surface area contributed by atoms with Gasteiger partial charge in [-0.05, 0) is 38.1 Å². The summed E-state index contributed by atoms with van der Waals surface area (Å²) < 4.78 is 47.1. The van der Waals surface area contributed by atoms with Crippen molar-refractivity contribution in [3.63, 3.8) is 0 Å². The zero-order chi connectivity index (χ0) is 19.6. The van der Waals surface area contributed by atoms with E-state index in [9.17, 15) is 17.6 Å². The molecule has 1 N–H and O–H groups in total. The summed E-state index contributed by atoms with van der Waals surface area (Å²) in [4.78, 5) is 14.1. The molecule has 1 fully saturated rings. The van der Waals surface area contributed by atoms with Gasteiger partial charge in [0.05, 0.1) is 23.5 Å². The number of hydrogen-bond acceptors (Lipinski definition) is 4. The third-order valence-corrected chi connectivity index (χ3v) is 5.63. The predicted molar refractivity (Wildman–Crippen MR) is 99.6 cm³/mol. The molecule has 1 amide bonds. The molecule has 0 spiro atoms. The molecular weight excluding hydrogens is 371 g/mol. The number of benzene rings is 2. The van der Waals surface area contributed by atoms with Crippen molar-refractivity contribution in [1.29, 1.82) is 0 Å². The van der Waals surface area contributed by atoms with Crippen LogP contribution in [0.25, 0.3) is 0 Å². The van der Waals surface area contributed by atoms with Gasteiger partial charge in [-0.2, -0.15) is 0 Å². The Kier molecular flexibility index (Phi) is 5.48. The number of amides is 1. The summed E-state index contributed by atoms with van der Waals surface area (Å²) in [5.41, 5.74) is 0.316. The van der Waals surface area contributed by atoms with E-state index in [2.05, 4.69) is 4.72 Å². The molecule has 144 valence electrons. The first-order chi connectivity index (χ1) is 12.8. The lowest BCUT2D eigenvalue weighted by Crippen LogP contribution is -2.48. The summed E-state index contributed by atoms with van der Waals surface area (Å²) in [6, 6.07) is 11.4. The molecule has 2 aromatic carbocycles. The summed E-state index contributed by atoms with van der Waals surface area (Å²) in [6.45, 7) is 4.58. The fraction of sp³-hybridized carbons (Fsp3) is 0.316. The number of carbonyl (C=O) groups is 1. The number of nitrogens with one attached hydrogen (secondary N) is 1. The van der Waals surface area contributed by atoms with E-state index >= 15 is 0 Å². The van der Waals surface area contributed by atoms with Crippen LogP contribution >= 0.6 is 0 Å². The Hall–Kier alpha value is -2.45. The average molecular weight is 392 g/mol. The Balaban J connectivity index is 1.90. The summed E-state index contributed by atoms with van der Waals surface area (Å²) in [5.74, 6) is -1.16. The van der Waals surface area contributed by atoms with Crippen molar-refractivity contribution >= 4 is 21.6 Å². The van der Waals surface area contributed by atoms with Crippen LogP contribution < -0.4 is 4.72 Å². The van der Waals surface area contributed by atoms with Crippen molar-refractivity contribution < 1.29 is 22.3 Å². The van der Waals surface area contributed by atoms with Gasteiger partial charge < -0.3 is 9.64 Å². The van der Waals surface area contributed by atoms with Gasteiger partial charge in [-0.25, -0.2) is 12.8 Å². The molecule has 2 unspecified atom stereocenters. The number of rotatable bonds is 4. The minimum absolute atomic E-state index is 0.109.